The number of nitrogen functional groups attached to an aromatic ring is 1. The van der Waals surface area contributed by atoms with Gasteiger partial charge in [0, 0.05) is 75.3 Å². The Hall–Kier alpha value is -7.33. The molecule has 0 aliphatic carbocycles. The van der Waals surface area contributed by atoms with E-state index in [0.29, 0.717) is 63.5 Å². The Morgan fingerprint density at radius 3 is 2.44 bits per heavy atom. The number of halogens is 3. The second kappa shape index (κ2) is 18.2. The fourth-order valence-electron chi connectivity index (χ4n) is 10.2. The minimum Gasteiger partial charge on any atom is -0.484 e. The van der Waals surface area contributed by atoms with E-state index < -0.39 is 57.4 Å². The SMILES string of the molecule is CC(Oc1cc(-c2nn(C)c3c(-c4cnn(C5CCN(CC6CCN(c7cccc8c7C(=O)N(C7CCC(=O)NC7=O)C8=O)C6)CC5)c4)cnc(N)c23)ccc1NS(=O)(=O)C(F)F)c1ccc(F)cc1. The number of anilines is 3. The molecule has 0 radical (unpaired) electrons. The standard InChI is InChI=1S/C48H48F3N11O7S/c1-26(28-6-9-31(49)10-7-28)69-38-20-29(8-11-35(38)57-70(67,68)48(50)51)42-41-43(58(2)56-42)34(22-53-44(41)52)30-21-54-61(25-30)32-15-17-59(18-16-32)23-27-14-19-60(24-27)36-5-3-4-33-40(36)47(66)62(46(33)65)37-12-13-39(63)55-45(37)64/h3-11,20-22,25-27,32,37,48,57H,12-19,23-24H2,1-2H3,(H2,52,53)(H,55,63,64). The molecule has 4 aliphatic heterocycles. The van der Waals surface area contributed by atoms with E-state index in [9.17, 15) is 40.8 Å². The first kappa shape index (κ1) is 46.4. The van der Waals surface area contributed by atoms with Gasteiger partial charge in [0.05, 0.1) is 45.6 Å². The van der Waals surface area contributed by atoms with Gasteiger partial charge < -0.3 is 20.3 Å². The average molecular weight is 980 g/mol. The third-order valence-corrected chi connectivity index (χ3v) is 14.7. The van der Waals surface area contributed by atoms with Crippen LogP contribution in [0.3, 0.4) is 0 Å². The van der Waals surface area contributed by atoms with Gasteiger partial charge in [0.15, 0.2) is 0 Å². The number of benzene rings is 3. The smallest absolute Gasteiger partial charge is 0.355 e. The summed E-state index contributed by atoms with van der Waals surface area (Å²) < 4.78 is 76.9. The normalized spacial score (nSPS) is 19.6. The number of pyridine rings is 1. The van der Waals surface area contributed by atoms with Crippen molar-refractivity contribution in [2.45, 2.75) is 63.0 Å². The lowest BCUT2D eigenvalue weighted by molar-refractivity contribution is -0.136. The van der Waals surface area contributed by atoms with Crippen LogP contribution in [0.5, 0.6) is 5.75 Å². The average Bonchev–Trinajstić information content (AvgIpc) is 4.14. The Morgan fingerprint density at radius 1 is 0.929 bits per heavy atom. The number of nitrogens with one attached hydrogen (secondary N) is 2. The molecule has 0 spiro atoms. The maximum atomic E-state index is 13.8. The number of aryl methyl sites for hydroxylation is 1. The van der Waals surface area contributed by atoms with Gasteiger partial charge in [-0.3, -0.25) is 43.5 Å². The molecule has 3 saturated heterocycles. The van der Waals surface area contributed by atoms with Crippen molar-refractivity contribution in [3.05, 3.63) is 102 Å². The Labute approximate surface area is 399 Å². The highest BCUT2D eigenvalue weighted by Crippen LogP contribution is 2.42. The molecule has 3 aromatic heterocycles. The number of likely N-dealkylation sites (tertiary alicyclic amines) is 1. The summed E-state index contributed by atoms with van der Waals surface area (Å²) in [5, 5.41) is 12.3. The maximum absolute atomic E-state index is 13.8. The Kier molecular flexibility index (Phi) is 12.1. The van der Waals surface area contributed by atoms with Crippen LogP contribution in [0.1, 0.15) is 77.5 Å². The first-order valence-corrected chi connectivity index (χ1v) is 24.4. The van der Waals surface area contributed by atoms with E-state index in [-0.39, 0.29) is 41.7 Å². The quantitative estimate of drug-likeness (QED) is 0.115. The summed E-state index contributed by atoms with van der Waals surface area (Å²) in [6.45, 7) is 5.64. The number of fused-ring (bicyclic) bond motifs is 2. The van der Waals surface area contributed by atoms with Crippen LogP contribution in [0.15, 0.2) is 79.3 Å². The molecule has 7 heterocycles. The number of nitrogens with two attached hydrogens (primary N) is 1. The molecule has 3 unspecified atom stereocenters. The lowest BCUT2D eigenvalue weighted by Crippen LogP contribution is -2.54. The summed E-state index contributed by atoms with van der Waals surface area (Å²) in [5.41, 5.74) is 11.1. The molecule has 6 aromatic rings. The van der Waals surface area contributed by atoms with Gasteiger partial charge in [0.1, 0.15) is 35.2 Å². The Bertz CT molecular complexity index is 3190. The molecule has 3 fully saturated rings. The number of piperidine rings is 2. The van der Waals surface area contributed by atoms with Crippen molar-refractivity contribution in [2.75, 3.05) is 48.1 Å². The van der Waals surface area contributed by atoms with Crippen LogP contribution >= 0.6 is 0 Å². The van der Waals surface area contributed by atoms with E-state index in [0.717, 1.165) is 49.4 Å². The predicted molar refractivity (Wildman–Crippen MR) is 252 cm³/mol. The molecule has 3 aromatic carbocycles. The number of ether oxygens (including phenoxy) is 1. The van der Waals surface area contributed by atoms with E-state index in [2.05, 4.69) is 20.1 Å². The first-order valence-electron chi connectivity index (χ1n) is 22.9. The lowest BCUT2D eigenvalue weighted by atomic mass is 10.0. The maximum Gasteiger partial charge on any atom is 0.355 e. The highest BCUT2D eigenvalue weighted by Gasteiger charge is 2.46. The van der Waals surface area contributed by atoms with E-state index >= 15 is 0 Å². The van der Waals surface area contributed by atoms with Gasteiger partial charge in [-0.05, 0) is 80.5 Å². The van der Waals surface area contributed by atoms with Gasteiger partial charge in [0.2, 0.25) is 11.8 Å². The van der Waals surface area contributed by atoms with Crippen LogP contribution in [0.2, 0.25) is 0 Å². The highest BCUT2D eigenvalue weighted by atomic mass is 32.2. The molecule has 18 nitrogen and oxygen atoms in total. The lowest BCUT2D eigenvalue weighted by Gasteiger charge is -2.33. The number of hydrogen-bond acceptors (Lipinski definition) is 13. The fraction of sp³-hybridized carbons (Fsp3) is 0.354. The molecule has 10 rings (SSSR count). The van der Waals surface area contributed by atoms with Crippen LogP contribution < -0.4 is 25.4 Å². The minimum atomic E-state index is -5.07. The number of rotatable bonds is 13. The Balaban J connectivity index is 0.819. The summed E-state index contributed by atoms with van der Waals surface area (Å²) in [7, 11) is -3.32. The van der Waals surface area contributed by atoms with E-state index in [1.54, 1.807) is 43.2 Å². The second-order valence-corrected chi connectivity index (χ2v) is 19.8. The van der Waals surface area contributed by atoms with Crippen molar-refractivity contribution < 1.29 is 45.5 Å². The first-order chi connectivity index (χ1) is 33.5. The van der Waals surface area contributed by atoms with Gasteiger partial charge >= 0.3 is 5.76 Å². The number of amides is 4. The predicted octanol–water partition coefficient (Wildman–Crippen LogP) is 5.89. The number of imide groups is 2. The number of nitrogens with zero attached hydrogens (tertiary/aromatic N) is 8. The molecule has 70 heavy (non-hydrogen) atoms. The topological polar surface area (TPSA) is 220 Å². The summed E-state index contributed by atoms with van der Waals surface area (Å²) in [5.74, 6) is -5.83. The second-order valence-electron chi connectivity index (χ2n) is 18.2. The third-order valence-electron chi connectivity index (χ3n) is 13.7. The van der Waals surface area contributed by atoms with Gasteiger partial charge in [-0.15, -0.1) is 0 Å². The molecule has 3 atom stereocenters. The summed E-state index contributed by atoms with van der Waals surface area (Å²) >= 11 is 0. The third kappa shape index (κ3) is 8.58. The minimum absolute atomic E-state index is 0.0555. The van der Waals surface area contributed by atoms with Gasteiger partial charge in [-0.25, -0.2) is 17.8 Å². The van der Waals surface area contributed by atoms with Crippen molar-refractivity contribution in [3.63, 3.8) is 0 Å². The number of hydrogen-bond donors (Lipinski definition) is 3. The van der Waals surface area contributed by atoms with Gasteiger partial charge in [-0.1, -0.05) is 24.3 Å². The van der Waals surface area contributed by atoms with Crippen molar-refractivity contribution in [2.24, 2.45) is 13.0 Å². The molecular formula is C48H48F3N11O7S. The Morgan fingerprint density at radius 2 is 1.70 bits per heavy atom. The monoisotopic (exact) mass is 979 g/mol. The van der Waals surface area contributed by atoms with E-state index in [4.69, 9.17) is 20.7 Å². The number of aromatic nitrogens is 5. The summed E-state index contributed by atoms with van der Waals surface area (Å²) in [6, 6.07) is 14.1. The number of alkyl halides is 2. The summed E-state index contributed by atoms with van der Waals surface area (Å²) in [4.78, 5) is 61.7. The zero-order chi connectivity index (χ0) is 49.2. The molecule has 4 aliphatic rings. The molecule has 0 bridgehead atoms. The molecular weight excluding hydrogens is 932 g/mol. The van der Waals surface area contributed by atoms with Crippen molar-refractivity contribution >= 4 is 61.7 Å². The molecule has 364 valence electrons. The molecule has 4 amide bonds. The van der Waals surface area contributed by atoms with Crippen LogP contribution in [0.25, 0.3) is 33.3 Å². The fourth-order valence-corrected chi connectivity index (χ4v) is 10.7. The van der Waals surface area contributed by atoms with Crippen LogP contribution in [0, 0.1) is 11.7 Å². The van der Waals surface area contributed by atoms with Crippen molar-refractivity contribution in [1.29, 1.82) is 0 Å². The number of carbonyl (C=O) groups excluding carboxylic acids is 4. The van der Waals surface area contributed by atoms with Crippen LogP contribution in [-0.2, 0) is 26.7 Å². The zero-order valence-corrected chi connectivity index (χ0v) is 38.8. The largest absolute Gasteiger partial charge is 0.484 e. The van der Waals surface area contributed by atoms with Crippen molar-refractivity contribution in [1.82, 2.24) is 39.7 Å². The zero-order valence-electron chi connectivity index (χ0n) is 38.0. The molecule has 4 N–H and O–H groups in total. The van der Waals surface area contributed by atoms with Crippen LogP contribution in [-0.4, -0.2) is 111 Å². The van der Waals surface area contributed by atoms with E-state index in [1.807, 2.05) is 21.7 Å². The van der Waals surface area contributed by atoms with Crippen molar-refractivity contribution in [3.8, 4) is 28.1 Å². The molecule has 0 saturated carbocycles. The van der Waals surface area contributed by atoms with Gasteiger partial charge in [-0.2, -0.15) is 19.0 Å². The van der Waals surface area contributed by atoms with Crippen LogP contribution in [0.4, 0.5) is 30.4 Å². The summed E-state index contributed by atoms with van der Waals surface area (Å²) in [6.07, 6.45) is 7.43. The highest BCUT2D eigenvalue weighted by molar-refractivity contribution is 7.93. The molecule has 22 heteroatoms. The number of carbonyl (C=O) groups is 4. The van der Waals surface area contributed by atoms with E-state index in [1.165, 1.54) is 42.5 Å². The number of sulfonamides is 1. The van der Waals surface area contributed by atoms with Gasteiger partial charge in [0.25, 0.3) is 21.8 Å².